The van der Waals surface area contributed by atoms with E-state index in [0.29, 0.717) is 6.54 Å². The van der Waals surface area contributed by atoms with E-state index >= 15 is 0 Å². The fourth-order valence-corrected chi connectivity index (χ4v) is 3.08. The number of halogens is 1. The van der Waals surface area contributed by atoms with Gasteiger partial charge in [-0.1, -0.05) is 17.7 Å². The quantitative estimate of drug-likeness (QED) is 0.943. The van der Waals surface area contributed by atoms with Gasteiger partial charge in [0.25, 0.3) is 0 Å². The van der Waals surface area contributed by atoms with Crippen molar-refractivity contribution in [2.24, 2.45) is 5.73 Å². The summed E-state index contributed by atoms with van der Waals surface area (Å²) in [7, 11) is 0. The highest BCUT2D eigenvalue weighted by atomic mass is 35.5. The molecule has 0 amide bonds. The Labute approximate surface area is 130 Å². The van der Waals surface area contributed by atoms with E-state index in [1.54, 1.807) is 6.26 Å². The Hall–Kier alpha value is -1.49. The second-order valence-electron chi connectivity index (χ2n) is 5.27. The minimum Gasteiger partial charge on any atom is -0.468 e. The van der Waals surface area contributed by atoms with Crippen LogP contribution in [0.4, 0.5) is 5.69 Å². The molecule has 21 heavy (non-hydrogen) atoms. The molecular weight excluding hydrogens is 286 g/mol. The molecule has 2 heterocycles. The Morgan fingerprint density at radius 2 is 1.95 bits per heavy atom. The van der Waals surface area contributed by atoms with Gasteiger partial charge in [-0.3, -0.25) is 4.90 Å². The molecule has 0 saturated carbocycles. The predicted octanol–water partition coefficient (Wildman–Crippen LogP) is 2.76. The second-order valence-corrected chi connectivity index (χ2v) is 5.71. The first kappa shape index (κ1) is 14.4. The zero-order chi connectivity index (χ0) is 14.7. The number of hydrogen-bond acceptors (Lipinski definition) is 4. The van der Waals surface area contributed by atoms with Crippen molar-refractivity contribution < 1.29 is 4.42 Å². The molecule has 1 fully saturated rings. The van der Waals surface area contributed by atoms with E-state index in [0.717, 1.165) is 37.0 Å². The summed E-state index contributed by atoms with van der Waals surface area (Å²) in [6.45, 7) is 4.45. The minimum absolute atomic E-state index is 0.168. The summed E-state index contributed by atoms with van der Waals surface area (Å²) < 4.78 is 5.51. The molecule has 3 rings (SSSR count). The fourth-order valence-electron chi connectivity index (χ4n) is 2.89. The molecule has 2 N–H and O–H groups in total. The molecule has 112 valence electrons. The van der Waals surface area contributed by atoms with Crippen molar-refractivity contribution in [3.8, 4) is 0 Å². The van der Waals surface area contributed by atoms with E-state index in [-0.39, 0.29) is 6.04 Å². The number of rotatable bonds is 4. The van der Waals surface area contributed by atoms with Gasteiger partial charge in [0.15, 0.2) is 0 Å². The van der Waals surface area contributed by atoms with E-state index in [2.05, 4.69) is 15.9 Å². The summed E-state index contributed by atoms with van der Waals surface area (Å²) in [4.78, 5) is 4.75. The maximum Gasteiger partial charge on any atom is 0.122 e. The van der Waals surface area contributed by atoms with Crippen molar-refractivity contribution in [2.75, 3.05) is 37.6 Å². The van der Waals surface area contributed by atoms with Gasteiger partial charge in [-0.2, -0.15) is 0 Å². The van der Waals surface area contributed by atoms with Crippen molar-refractivity contribution in [2.45, 2.75) is 6.04 Å². The van der Waals surface area contributed by atoms with E-state index in [4.69, 9.17) is 21.8 Å². The number of nitrogens with zero attached hydrogens (tertiary/aromatic N) is 2. The maximum atomic E-state index is 6.07. The van der Waals surface area contributed by atoms with Gasteiger partial charge >= 0.3 is 0 Å². The largest absolute Gasteiger partial charge is 0.468 e. The Kier molecular flexibility index (Phi) is 4.48. The highest BCUT2D eigenvalue weighted by Gasteiger charge is 2.25. The standard InChI is InChI=1S/C16H20ClN3O/c17-13-3-1-4-14(11-13)19-6-8-20(9-7-19)15(12-18)16-5-2-10-21-16/h1-5,10-11,15H,6-9,12,18H2/t15-/m1/s1. The molecule has 2 aromatic rings. The summed E-state index contributed by atoms with van der Waals surface area (Å²) in [6.07, 6.45) is 1.71. The lowest BCUT2D eigenvalue weighted by atomic mass is 10.1. The molecule has 1 aromatic heterocycles. The van der Waals surface area contributed by atoms with E-state index in [9.17, 15) is 0 Å². The SMILES string of the molecule is NC[C@H](c1ccco1)N1CCN(c2cccc(Cl)c2)CC1. The predicted molar refractivity (Wildman–Crippen MR) is 85.7 cm³/mol. The maximum absolute atomic E-state index is 6.07. The average molecular weight is 306 g/mol. The topological polar surface area (TPSA) is 45.6 Å². The number of nitrogens with two attached hydrogens (primary N) is 1. The van der Waals surface area contributed by atoms with Crippen LogP contribution in [0.3, 0.4) is 0 Å². The third kappa shape index (κ3) is 3.23. The van der Waals surface area contributed by atoms with Gasteiger partial charge in [0, 0.05) is 43.4 Å². The molecule has 1 aromatic carbocycles. The van der Waals surface area contributed by atoms with E-state index in [1.165, 1.54) is 5.69 Å². The van der Waals surface area contributed by atoms with Gasteiger partial charge in [-0.25, -0.2) is 0 Å². The number of furan rings is 1. The van der Waals surface area contributed by atoms with Crippen LogP contribution in [-0.4, -0.2) is 37.6 Å². The number of hydrogen-bond donors (Lipinski definition) is 1. The van der Waals surface area contributed by atoms with Gasteiger partial charge in [0.2, 0.25) is 0 Å². The van der Waals surface area contributed by atoms with Crippen LogP contribution < -0.4 is 10.6 Å². The molecule has 1 aliphatic heterocycles. The highest BCUT2D eigenvalue weighted by Crippen LogP contribution is 2.25. The molecule has 5 heteroatoms. The van der Waals surface area contributed by atoms with Crippen LogP contribution in [0, 0.1) is 0 Å². The highest BCUT2D eigenvalue weighted by molar-refractivity contribution is 6.30. The Morgan fingerprint density at radius 1 is 1.14 bits per heavy atom. The Balaban J connectivity index is 1.64. The Morgan fingerprint density at radius 3 is 2.57 bits per heavy atom. The molecule has 0 radical (unpaired) electrons. The zero-order valence-corrected chi connectivity index (χ0v) is 12.7. The van der Waals surface area contributed by atoms with E-state index in [1.807, 2.05) is 30.3 Å². The molecule has 1 atom stereocenters. The molecule has 4 nitrogen and oxygen atoms in total. The lowest BCUT2D eigenvalue weighted by molar-refractivity contribution is 0.169. The van der Waals surface area contributed by atoms with Crippen LogP contribution in [0.25, 0.3) is 0 Å². The summed E-state index contributed by atoms with van der Waals surface area (Å²) in [5, 5.41) is 0.783. The fraction of sp³-hybridized carbons (Fsp3) is 0.375. The van der Waals surface area contributed by atoms with Crippen molar-refractivity contribution in [1.29, 1.82) is 0 Å². The normalized spacial score (nSPS) is 17.9. The molecule has 0 unspecified atom stereocenters. The van der Waals surface area contributed by atoms with E-state index < -0.39 is 0 Å². The number of anilines is 1. The summed E-state index contributed by atoms with van der Waals surface area (Å²) in [5.74, 6) is 0.953. The van der Waals surface area contributed by atoms with Crippen molar-refractivity contribution in [3.63, 3.8) is 0 Å². The lowest BCUT2D eigenvalue weighted by Gasteiger charge is -2.39. The van der Waals surface area contributed by atoms with Gasteiger partial charge in [-0.05, 0) is 30.3 Å². The molecule has 0 aliphatic carbocycles. The molecule has 0 bridgehead atoms. The van der Waals surface area contributed by atoms with Crippen molar-refractivity contribution in [3.05, 3.63) is 53.4 Å². The molecular formula is C16H20ClN3O. The average Bonchev–Trinajstić information content (AvgIpc) is 3.03. The van der Waals surface area contributed by atoms with Crippen molar-refractivity contribution in [1.82, 2.24) is 4.90 Å². The summed E-state index contributed by atoms with van der Waals surface area (Å²) >= 11 is 6.07. The van der Waals surface area contributed by atoms with Crippen LogP contribution in [0.5, 0.6) is 0 Å². The first-order valence-corrected chi connectivity index (χ1v) is 7.64. The van der Waals surface area contributed by atoms with Gasteiger partial charge in [0.1, 0.15) is 5.76 Å². The first-order chi connectivity index (χ1) is 10.3. The van der Waals surface area contributed by atoms with Crippen LogP contribution in [0.2, 0.25) is 5.02 Å². The number of benzene rings is 1. The monoisotopic (exact) mass is 305 g/mol. The summed E-state index contributed by atoms with van der Waals surface area (Å²) in [6, 6.07) is 12.1. The lowest BCUT2D eigenvalue weighted by Crippen LogP contribution is -2.49. The van der Waals surface area contributed by atoms with Crippen LogP contribution in [0.1, 0.15) is 11.8 Å². The van der Waals surface area contributed by atoms with Crippen LogP contribution in [0.15, 0.2) is 47.1 Å². The molecule has 1 saturated heterocycles. The second kappa shape index (κ2) is 6.52. The zero-order valence-electron chi connectivity index (χ0n) is 11.9. The Bertz CT molecular complexity index is 565. The van der Waals surface area contributed by atoms with Crippen LogP contribution in [-0.2, 0) is 0 Å². The molecule has 0 spiro atoms. The third-order valence-electron chi connectivity index (χ3n) is 4.02. The van der Waals surface area contributed by atoms with Gasteiger partial charge in [0.05, 0.1) is 12.3 Å². The summed E-state index contributed by atoms with van der Waals surface area (Å²) in [5.41, 5.74) is 7.11. The first-order valence-electron chi connectivity index (χ1n) is 7.26. The minimum atomic E-state index is 0.168. The smallest absolute Gasteiger partial charge is 0.122 e. The third-order valence-corrected chi connectivity index (χ3v) is 4.26. The van der Waals surface area contributed by atoms with Crippen molar-refractivity contribution >= 4 is 17.3 Å². The molecule has 1 aliphatic rings. The van der Waals surface area contributed by atoms with Gasteiger partial charge in [-0.15, -0.1) is 0 Å². The van der Waals surface area contributed by atoms with Gasteiger partial charge < -0.3 is 15.1 Å². The van der Waals surface area contributed by atoms with Crippen LogP contribution >= 0.6 is 11.6 Å². The number of piperazine rings is 1.